The standard InChI is InChI=1S/C11H21N3O/c1-14-7-3-5-10(14)11(15)13-9-4-2-6-12-8-9/h9-10,12H,2-8H2,1H3,(H,13,15)/t9-,10?/m1/s1. The first-order valence-electron chi connectivity index (χ1n) is 5.98. The van der Waals surface area contributed by atoms with Crippen LogP contribution in [0.15, 0.2) is 0 Å². The van der Waals surface area contributed by atoms with Crippen molar-refractivity contribution in [2.75, 3.05) is 26.7 Å². The van der Waals surface area contributed by atoms with Crippen molar-refractivity contribution in [1.82, 2.24) is 15.5 Å². The van der Waals surface area contributed by atoms with Gasteiger partial charge in [0, 0.05) is 12.6 Å². The fourth-order valence-electron chi connectivity index (χ4n) is 2.51. The monoisotopic (exact) mass is 211 g/mol. The van der Waals surface area contributed by atoms with Crippen LogP contribution in [0, 0.1) is 0 Å². The van der Waals surface area contributed by atoms with Crippen LogP contribution in [0.5, 0.6) is 0 Å². The number of nitrogens with one attached hydrogen (secondary N) is 2. The first-order chi connectivity index (χ1) is 7.27. The van der Waals surface area contributed by atoms with Crippen molar-refractivity contribution in [2.24, 2.45) is 0 Å². The van der Waals surface area contributed by atoms with Crippen LogP contribution < -0.4 is 10.6 Å². The smallest absolute Gasteiger partial charge is 0.237 e. The summed E-state index contributed by atoms with van der Waals surface area (Å²) in [5, 5.41) is 6.46. The summed E-state index contributed by atoms with van der Waals surface area (Å²) >= 11 is 0. The Morgan fingerprint density at radius 1 is 1.40 bits per heavy atom. The zero-order valence-electron chi connectivity index (χ0n) is 9.46. The minimum atomic E-state index is 0.118. The predicted molar refractivity (Wildman–Crippen MR) is 59.7 cm³/mol. The largest absolute Gasteiger partial charge is 0.351 e. The molecule has 2 fully saturated rings. The Bertz CT molecular complexity index is 226. The maximum Gasteiger partial charge on any atom is 0.237 e. The van der Waals surface area contributed by atoms with Crippen molar-refractivity contribution in [2.45, 2.75) is 37.8 Å². The highest BCUT2D eigenvalue weighted by Gasteiger charge is 2.29. The summed E-state index contributed by atoms with van der Waals surface area (Å²) in [7, 11) is 2.04. The van der Waals surface area contributed by atoms with Crippen molar-refractivity contribution in [3.63, 3.8) is 0 Å². The molecule has 2 atom stereocenters. The quantitative estimate of drug-likeness (QED) is 0.673. The lowest BCUT2D eigenvalue weighted by atomic mass is 10.1. The van der Waals surface area contributed by atoms with Crippen molar-refractivity contribution in [1.29, 1.82) is 0 Å². The minimum Gasteiger partial charge on any atom is -0.351 e. The summed E-state index contributed by atoms with van der Waals surface area (Å²) in [4.78, 5) is 14.1. The third-order valence-electron chi connectivity index (χ3n) is 3.47. The number of piperidine rings is 1. The zero-order valence-corrected chi connectivity index (χ0v) is 9.46. The van der Waals surface area contributed by atoms with Gasteiger partial charge >= 0.3 is 0 Å². The van der Waals surface area contributed by atoms with Gasteiger partial charge in [0.2, 0.25) is 5.91 Å². The molecule has 15 heavy (non-hydrogen) atoms. The molecule has 0 aliphatic carbocycles. The van der Waals surface area contributed by atoms with E-state index in [1.54, 1.807) is 0 Å². The molecule has 2 aliphatic heterocycles. The predicted octanol–water partition coefficient (Wildman–Crippen LogP) is -0.0512. The summed E-state index contributed by atoms with van der Waals surface area (Å²) in [6, 6.07) is 0.465. The van der Waals surface area contributed by atoms with Gasteiger partial charge in [-0.05, 0) is 45.8 Å². The number of hydrogen-bond acceptors (Lipinski definition) is 3. The molecule has 4 heteroatoms. The molecule has 1 unspecified atom stereocenters. The second-order valence-electron chi connectivity index (χ2n) is 4.69. The van der Waals surface area contributed by atoms with E-state index >= 15 is 0 Å². The molecule has 0 aromatic rings. The molecule has 0 aromatic carbocycles. The highest BCUT2D eigenvalue weighted by Crippen LogP contribution is 2.15. The molecular formula is C11H21N3O. The normalized spacial score (nSPS) is 32.9. The second-order valence-corrected chi connectivity index (χ2v) is 4.69. The Morgan fingerprint density at radius 3 is 2.87 bits per heavy atom. The van der Waals surface area contributed by atoms with Crippen molar-refractivity contribution < 1.29 is 4.79 Å². The molecule has 86 valence electrons. The van der Waals surface area contributed by atoms with Gasteiger partial charge in [-0.3, -0.25) is 9.69 Å². The third kappa shape index (κ3) is 2.69. The van der Waals surface area contributed by atoms with Crippen LogP contribution in [0.1, 0.15) is 25.7 Å². The first kappa shape index (κ1) is 10.9. The maximum atomic E-state index is 11.9. The summed E-state index contributed by atoms with van der Waals surface area (Å²) < 4.78 is 0. The van der Waals surface area contributed by atoms with Crippen LogP contribution in [0.4, 0.5) is 0 Å². The number of carbonyl (C=O) groups excluding carboxylic acids is 1. The summed E-state index contributed by atoms with van der Waals surface area (Å²) in [5.74, 6) is 0.226. The van der Waals surface area contributed by atoms with Crippen LogP contribution in [0.25, 0.3) is 0 Å². The Balaban J connectivity index is 1.80. The molecule has 0 saturated carbocycles. The number of hydrogen-bond donors (Lipinski definition) is 2. The van der Waals surface area contributed by atoms with E-state index in [-0.39, 0.29) is 11.9 Å². The van der Waals surface area contributed by atoms with E-state index in [9.17, 15) is 4.79 Å². The van der Waals surface area contributed by atoms with E-state index in [0.29, 0.717) is 6.04 Å². The number of carbonyl (C=O) groups is 1. The van der Waals surface area contributed by atoms with Crippen molar-refractivity contribution in [3.05, 3.63) is 0 Å². The molecule has 2 N–H and O–H groups in total. The molecule has 0 radical (unpaired) electrons. The molecule has 0 spiro atoms. The molecule has 2 aliphatic rings. The molecular weight excluding hydrogens is 190 g/mol. The van der Waals surface area contributed by atoms with Gasteiger partial charge in [-0.2, -0.15) is 0 Å². The lowest BCUT2D eigenvalue weighted by Crippen LogP contribution is -2.50. The Kier molecular flexibility index (Phi) is 3.59. The molecule has 0 bridgehead atoms. The lowest BCUT2D eigenvalue weighted by Gasteiger charge is -2.27. The topological polar surface area (TPSA) is 44.4 Å². The highest BCUT2D eigenvalue weighted by molar-refractivity contribution is 5.82. The second kappa shape index (κ2) is 4.94. The van der Waals surface area contributed by atoms with Crippen molar-refractivity contribution >= 4 is 5.91 Å². The van der Waals surface area contributed by atoms with Gasteiger partial charge in [-0.25, -0.2) is 0 Å². The van der Waals surface area contributed by atoms with Crippen LogP contribution in [0.2, 0.25) is 0 Å². The third-order valence-corrected chi connectivity index (χ3v) is 3.47. The van der Waals surface area contributed by atoms with Gasteiger partial charge in [0.15, 0.2) is 0 Å². The van der Waals surface area contributed by atoms with Gasteiger partial charge in [0.1, 0.15) is 0 Å². The van der Waals surface area contributed by atoms with Crippen LogP contribution in [-0.2, 0) is 4.79 Å². The van der Waals surface area contributed by atoms with Gasteiger partial charge < -0.3 is 10.6 Å². The SMILES string of the molecule is CN1CCCC1C(=O)N[C@@H]1CCCNC1. The number of likely N-dealkylation sites (tertiary alicyclic amines) is 1. The molecule has 4 nitrogen and oxygen atoms in total. The van der Waals surface area contributed by atoms with E-state index in [1.165, 1.54) is 6.42 Å². The maximum absolute atomic E-state index is 11.9. The number of amides is 1. The zero-order chi connectivity index (χ0) is 10.7. The summed E-state index contributed by atoms with van der Waals surface area (Å²) in [6.45, 7) is 3.08. The van der Waals surface area contributed by atoms with E-state index in [0.717, 1.165) is 38.9 Å². The fraction of sp³-hybridized carbons (Fsp3) is 0.909. The molecule has 2 saturated heterocycles. The number of rotatable bonds is 2. The molecule has 0 aromatic heterocycles. The van der Waals surface area contributed by atoms with Gasteiger partial charge in [-0.15, -0.1) is 0 Å². The number of nitrogens with zero attached hydrogens (tertiary/aromatic N) is 1. The molecule has 1 amide bonds. The van der Waals surface area contributed by atoms with Crippen LogP contribution >= 0.6 is 0 Å². The lowest BCUT2D eigenvalue weighted by molar-refractivity contribution is -0.125. The average Bonchev–Trinajstić information content (AvgIpc) is 2.66. The highest BCUT2D eigenvalue weighted by atomic mass is 16.2. The fourth-order valence-corrected chi connectivity index (χ4v) is 2.51. The van der Waals surface area contributed by atoms with E-state index < -0.39 is 0 Å². The Morgan fingerprint density at radius 2 is 2.27 bits per heavy atom. The van der Waals surface area contributed by atoms with Gasteiger partial charge in [0.25, 0.3) is 0 Å². The van der Waals surface area contributed by atoms with Crippen molar-refractivity contribution in [3.8, 4) is 0 Å². The number of likely N-dealkylation sites (N-methyl/N-ethyl adjacent to an activating group) is 1. The summed E-state index contributed by atoms with van der Waals surface area (Å²) in [6.07, 6.45) is 4.46. The van der Waals surface area contributed by atoms with Gasteiger partial charge in [-0.1, -0.05) is 0 Å². The first-order valence-corrected chi connectivity index (χ1v) is 5.98. The average molecular weight is 211 g/mol. The van der Waals surface area contributed by atoms with Crippen LogP contribution in [-0.4, -0.2) is 49.6 Å². The molecule has 2 rings (SSSR count). The van der Waals surface area contributed by atoms with E-state index in [2.05, 4.69) is 15.5 Å². The molecule has 2 heterocycles. The van der Waals surface area contributed by atoms with Crippen LogP contribution in [0.3, 0.4) is 0 Å². The van der Waals surface area contributed by atoms with Gasteiger partial charge in [0.05, 0.1) is 6.04 Å². The summed E-state index contributed by atoms with van der Waals surface area (Å²) in [5.41, 5.74) is 0. The Labute approximate surface area is 91.4 Å². The van der Waals surface area contributed by atoms with E-state index in [1.807, 2.05) is 7.05 Å². The Hall–Kier alpha value is -0.610. The van der Waals surface area contributed by atoms with E-state index in [4.69, 9.17) is 0 Å². The minimum absolute atomic E-state index is 0.118.